The number of nitrogens with zero attached hydrogens (tertiary/aromatic N) is 1. The van der Waals surface area contributed by atoms with Gasteiger partial charge >= 0.3 is 11.9 Å². The standard InChI is InChI=1S/C10H13NO4S3/c1-6(5-11)4-7(9(14)15)18-10(16)17-3-2-8(12)13/h6-7H,2-4H2,1H3,(H,12,13)(H,14,15). The number of carboxylic acid groups (broad SMARTS) is 2. The van der Waals surface area contributed by atoms with Crippen molar-refractivity contribution in [2.24, 2.45) is 5.92 Å². The van der Waals surface area contributed by atoms with Crippen molar-refractivity contribution < 1.29 is 19.8 Å². The van der Waals surface area contributed by atoms with E-state index in [2.05, 4.69) is 0 Å². The van der Waals surface area contributed by atoms with Crippen molar-refractivity contribution >= 4 is 51.2 Å². The smallest absolute Gasteiger partial charge is 0.317 e. The normalized spacial score (nSPS) is 13.3. The molecule has 0 spiro atoms. The Bertz CT molecular complexity index is 367. The van der Waals surface area contributed by atoms with Crippen molar-refractivity contribution in [3.8, 4) is 6.07 Å². The van der Waals surface area contributed by atoms with Gasteiger partial charge in [0.15, 0.2) is 0 Å². The minimum atomic E-state index is -1.01. The molecule has 0 saturated heterocycles. The minimum Gasteiger partial charge on any atom is -0.481 e. The van der Waals surface area contributed by atoms with E-state index < -0.39 is 17.2 Å². The number of thioether (sulfide) groups is 2. The van der Waals surface area contributed by atoms with Gasteiger partial charge in [-0.05, 0) is 13.3 Å². The molecule has 18 heavy (non-hydrogen) atoms. The Morgan fingerprint density at radius 2 is 2.06 bits per heavy atom. The van der Waals surface area contributed by atoms with Gasteiger partial charge in [-0.2, -0.15) is 5.26 Å². The zero-order valence-corrected chi connectivity index (χ0v) is 12.1. The van der Waals surface area contributed by atoms with Crippen molar-refractivity contribution in [1.29, 1.82) is 5.26 Å². The summed E-state index contributed by atoms with van der Waals surface area (Å²) < 4.78 is 0.397. The van der Waals surface area contributed by atoms with E-state index >= 15 is 0 Å². The topological polar surface area (TPSA) is 98.4 Å². The number of hydrogen-bond donors (Lipinski definition) is 2. The zero-order chi connectivity index (χ0) is 14.1. The van der Waals surface area contributed by atoms with Crippen LogP contribution in [-0.2, 0) is 9.59 Å². The predicted molar refractivity (Wildman–Crippen MR) is 75.7 cm³/mol. The molecule has 0 saturated carbocycles. The molecule has 0 aliphatic carbocycles. The fraction of sp³-hybridized carbons (Fsp3) is 0.600. The second-order valence-electron chi connectivity index (χ2n) is 3.45. The highest BCUT2D eigenvalue weighted by Crippen LogP contribution is 2.27. The number of hydrogen-bond acceptors (Lipinski definition) is 6. The maximum atomic E-state index is 11.0. The molecule has 8 heteroatoms. The fourth-order valence-corrected chi connectivity index (χ4v) is 3.58. The highest BCUT2D eigenvalue weighted by atomic mass is 32.2. The molecule has 0 aromatic carbocycles. The van der Waals surface area contributed by atoms with Crippen LogP contribution in [0.1, 0.15) is 19.8 Å². The lowest BCUT2D eigenvalue weighted by atomic mass is 10.1. The SMILES string of the molecule is CC(C#N)CC(SC(=S)SCCC(=O)O)C(=O)O. The molecule has 2 atom stereocenters. The molecular weight excluding hydrogens is 294 g/mol. The van der Waals surface area contributed by atoms with Crippen molar-refractivity contribution in [2.75, 3.05) is 5.75 Å². The summed E-state index contributed by atoms with van der Waals surface area (Å²) in [6, 6.07) is 1.98. The average molecular weight is 307 g/mol. The first kappa shape index (κ1) is 17.2. The van der Waals surface area contributed by atoms with E-state index in [1.807, 2.05) is 6.07 Å². The van der Waals surface area contributed by atoms with Crippen LogP contribution >= 0.6 is 35.7 Å². The molecule has 5 nitrogen and oxygen atoms in total. The molecule has 0 heterocycles. The molecule has 2 N–H and O–H groups in total. The van der Waals surface area contributed by atoms with Gasteiger partial charge in [0.1, 0.15) is 8.78 Å². The van der Waals surface area contributed by atoms with Gasteiger partial charge in [0.05, 0.1) is 12.5 Å². The first-order chi connectivity index (χ1) is 8.36. The third-order valence-electron chi connectivity index (χ3n) is 1.84. The van der Waals surface area contributed by atoms with Gasteiger partial charge in [-0.25, -0.2) is 0 Å². The minimum absolute atomic E-state index is 0.0162. The monoisotopic (exact) mass is 307 g/mol. The molecule has 100 valence electrons. The number of carbonyl (C=O) groups is 2. The van der Waals surface area contributed by atoms with E-state index in [0.29, 0.717) is 9.28 Å². The lowest BCUT2D eigenvalue weighted by Crippen LogP contribution is -2.20. The molecule has 2 unspecified atom stereocenters. The third-order valence-corrected chi connectivity index (χ3v) is 4.64. The first-order valence-electron chi connectivity index (χ1n) is 5.04. The lowest BCUT2D eigenvalue weighted by Gasteiger charge is -2.12. The Morgan fingerprint density at radius 3 is 2.50 bits per heavy atom. The number of aliphatic carboxylic acids is 2. The van der Waals surface area contributed by atoms with Crippen molar-refractivity contribution in [3.63, 3.8) is 0 Å². The summed E-state index contributed by atoms with van der Waals surface area (Å²) in [5.74, 6) is -1.96. The average Bonchev–Trinajstić information content (AvgIpc) is 2.27. The summed E-state index contributed by atoms with van der Waals surface area (Å²) in [6.45, 7) is 1.65. The van der Waals surface area contributed by atoms with E-state index in [9.17, 15) is 9.59 Å². The highest BCUT2D eigenvalue weighted by molar-refractivity contribution is 8.47. The fourth-order valence-electron chi connectivity index (χ4n) is 0.945. The Kier molecular flexibility index (Phi) is 8.79. The predicted octanol–water partition coefficient (Wildman–Crippen LogP) is 2.22. The largest absolute Gasteiger partial charge is 0.481 e. The van der Waals surface area contributed by atoms with E-state index in [0.717, 1.165) is 23.5 Å². The molecule has 0 radical (unpaired) electrons. The van der Waals surface area contributed by atoms with E-state index in [4.69, 9.17) is 27.7 Å². The molecule has 0 rings (SSSR count). The Hall–Kier alpha value is -0.780. The van der Waals surface area contributed by atoms with Gasteiger partial charge < -0.3 is 10.2 Å². The summed E-state index contributed by atoms with van der Waals surface area (Å²) in [5.41, 5.74) is 0. The lowest BCUT2D eigenvalue weighted by molar-refractivity contribution is -0.137. The van der Waals surface area contributed by atoms with Crippen molar-refractivity contribution in [2.45, 2.75) is 25.0 Å². The maximum Gasteiger partial charge on any atom is 0.317 e. The second-order valence-corrected chi connectivity index (χ2v) is 6.95. The summed E-state index contributed by atoms with van der Waals surface area (Å²) >= 11 is 7.13. The molecular formula is C10H13NO4S3. The molecule has 0 bridgehead atoms. The number of carboxylic acids is 2. The maximum absolute atomic E-state index is 11.0. The number of nitriles is 1. The van der Waals surface area contributed by atoms with Crippen LogP contribution in [0.5, 0.6) is 0 Å². The highest BCUT2D eigenvalue weighted by Gasteiger charge is 2.23. The summed E-state index contributed by atoms with van der Waals surface area (Å²) in [4.78, 5) is 21.3. The molecule has 0 amide bonds. The number of thiocarbonyl (C=S) groups is 1. The van der Waals surface area contributed by atoms with Gasteiger partial charge in [-0.1, -0.05) is 24.0 Å². The Morgan fingerprint density at radius 1 is 1.44 bits per heavy atom. The summed E-state index contributed by atoms with van der Waals surface area (Å²) in [7, 11) is 0. The van der Waals surface area contributed by atoms with Crippen LogP contribution in [0.25, 0.3) is 0 Å². The molecule has 0 aromatic heterocycles. The van der Waals surface area contributed by atoms with Crippen molar-refractivity contribution in [3.05, 3.63) is 0 Å². The van der Waals surface area contributed by atoms with Crippen LogP contribution in [0.3, 0.4) is 0 Å². The molecule has 0 aliphatic heterocycles. The quantitative estimate of drug-likeness (QED) is 0.691. The van der Waals surface area contributed by atoms with Gasteiger partial charge in [0, 0.05) is 11.7 Å². The van der Waals surface area contributed by atoms with Crippen LogP contribution in [0.15, 0.2) is 0 Å². The van der Waals surface area contributed by atoms with Crippen LogP contribution in [0.4, 0.5) is 0 Å². The number of rotatable bonds is 7. The first-order valence-corrected chi connectivity index (χ1v) is 7.31. The molecule has 0 fully saturated rings. The van der Waals surface area contributed by atoms with Gasteiger partial charge in [-0.3, -0.25) is 9.59 Å². The van der Waals surface area contributed by atoms with Gasteiger partial charge in [-0.15, -0.1) is 11.8 Å². The van der Waals surface area contributed by atoms with E-state index in [1.165, 1.54) is 0 Å². The van der Waals surface area contributed by atoms with E-state index in [-0.39, 0.29) is 18.8 Å². The zero-order valence-electron chi connectivity index (χ0n) is 9.66. The van der Waals surface area contributed by atoms with Gasteiger partial charge in [0.2, 0.25) is 0 Å². The summed E-state index contributed by atoms with van der Waals surface area (Å²) in [6.07, 6.45) is 0.202. The van der Waals surface area contributed by atoms with Crippen LogP contribution in [0.2, 0.25) is 0 Å². The van der Waals surface area contributed by atoms with Crippen LogP contribution in [0, 0.1) is 17.2 Å². The molecule has 0 aliphatic rings. The Balaban J connectivity index is 4.17. The second kappa shape index (κ2) is 9.19. The Labute approximate surface area is 119 Å². The third kappa shape index (κ3) is 8.33. The van der Waals surface area contributed by atoms with Crippen LogP contribution in [-0.4, -0.2) is 36.7 Å². The van der Waals surface area contributed by atoms with E-state index in [1.54, 1.807) is 6.92 Å². The van der Waals surface area contributed by atoms with Gasteiger partial charge in [0.25, 0.3) is 0 Å². The molecule has 0 aromatic rings. The summed E-state index contributed by atoms with van der Waals surface area (Å²) in [5, 5.41) is 25.3. The van der Waals surface area contributed by atoms with Crippen molar-refractivity contribution in [1.82, 2.24) is 0 Å². The van der Waals surface area contributed by atoms with Crippen LogP contribution < -0.4 is 0 Å².